The van der Waals surface area contributed by atoms with Crippen LogP contribution in [0.5, 0.6) is 0 Å². The van der Waals surface area contributed by atoms with Gasteiger partial charge in [-0.15, -0.1) is 11.3 Å². The number of nitrogens with one attached hydrogen (secondary N) is 2. The fourth-order valence-corrected chi connectivity index (χ4v) is 9.77. The molecule has 3 aromatic rings. The number of rotatable bonds is 24. The molecule has 0 bridgehead atoms. The van der Waals surface area contributed by atoms with Crippen LogP contribution < -0.4 is 10.6 Å². The number of likely N-dealkylation sites (tertiary alicyclic amines) is 1. The van der Waals surface area contributed by atoms with Crippen molar-refractivity contribution in [2.45, 2.75) is 136 Å². The van der Waals surface area contributed by atoms with Gasteiger partial charge in [-0.05, 0) is 73.7 Å². The summed E-state index contributed by atoms with van der Waals surface area (Å²) in [5.74, 6) is -0.763. The quantitative estimate of drug-likeness (QED) is 0.0667. The van der Waals surface area contributed by atoms with Gasteiger partial charge in [-0.3, -0.25) is 14.5 Å². The molecule has 2 aromatic carbocycles. The van der Waals surface area contributed by atoms with Crippen LogP contribution in [0.15, 0.2) is 53.9 Å². The first-order chi connectivity index (χ1) is 30.0. The molecule has 2 aliphatic rings. The smallest absolute Gasteiger partial charge is 0.407 e. The fourth-order valence-electron chi connectivity index (χ4n) is 8.92. The Balaban J connectivity index is 1.25. The summed E-state index contributed by atoms with van der Waals surface area (Å²) >= 11 is 1.37. The van der Waals surface area contributed by atoms with Crippen molar-refractivity contribution in [3.05, 3.63) is 75.7 Å². The molecule has 0 radical (unpaired) electrons. The third-order valence-corrected chi connectivity index (χ3v) is 13.5. The van der Waals surface area contributed by atoms with Gasteiger partial charge in [-0.25, -0.2) is 14.6 Å². The minimum absolute atomic E-state index is 0.0253. The van der Waals surface area contributed by atoms with Crippen LogP contribution in [0.25, 0.3) is 11.1 Å². The molecule has 13 heteroatoms. The molecular weight excluding hydrogens is 803 g/mol. The van der Waals surface area contributed by atoms with Crippen molar-refractivity contribution in [3.8, 4) is 11.1 Å². The number of piperidine rings is 1. The maximum atomic E-state index is 15.1. The number of fused-ring (bicyclic) bond motifs is 3. The number of ether oxygens (including phenoxy) is 3. The molecule has 2 N–H and O–H groups in total. The van der Waals surface area contributed by atoms with Gasteiger partial charge >= 0.3 is 12.1 Å². The number of carbonyl (C=O) groups is 4. The Hall–Kier alpha value is -4.33. The second-order valence-electron chi connectivity index (χ2n) is 17.0. The summed E-state index contributed by atoms with van der Waals surface area (Å²) < 4.78 is 17.3. The number of amides is 3. The van der Waals surface area contributed by atoms with Crippen molar-refractivity contribution in [2.75, 3.05) is 46.0 Å². The zero-order valence-corrected chi connectivity index (χ0v) is 39.0. The SMILES string of the molecule is CCCCCCN(C(=O)[C@@H](NC(=O)C1CCCCN1CCNC(=O)OCC1c2ccccc2-c2ccccc21)[C@@H](C)CC)[C@H](C[C@@H](OCC)c1nc(C(=O)OCC)cs1)C(C)C. The summed E-state index contributed by atoms with van der Waals surface area (Å²) in [6, 6.07) is 15.2. The number of benzene rings is 2. The van der Waals surface area contributed by atoms with Crippen LogP contribution in [-0.2, 0) is 23.8 Å². The van der Waals surface area contributed by atoms with Gasteiger partial charge in [0, 0.05) is 50.0 Å². The number of hydrogen-bond acceptors (Lipinski definition) is 10. The Kier molecular flexibility index (Phi) is 19.2. The number of alkyl carbamates (subject to hydrolysis) is 1. The lowest BCUT2D eigenvalue weighted by Gasteiger charge is -2.40. The summed E-state index contributed by atoms with van der Waals surface area (Å²) in [4.78, 5) is 63.7. The molecule has 0 saturated carbocycles. The molecule has 2 heterocycles. The first kappa shape index (κ1) is 48.7. The fraction of sp³-hybridized carbons (Fsp3) is 0.612. The molecule has 1 saturated heterocycles. The van der Waals surface area contributed by atoms with Crippen LogP contribution in [-0.4, -0.2) is 103 Å². The van der Waals surface area contributed by atoms with E-state index in [0.29, 0.717) is 50.5 Å². The minimum Gasteiger partial charge on any atom is -0.461 e. The monoisotopic (exact) mass is 874 g/mol. The zero-order chi connectivity index (χ0) is 44.6. The molecular formula is C49H71N5O7S. The topological polar surface area (TPSA) is 139 Å². The molecule has 1 aliphatic carbocycles. The van der Waals surface area contributed by atoms with E-state index in [1.807, 2.05) is 43.0 Å². The van der Waals surface area contributed by atoms with Crippen LogP contribution in [0, 0.1) is 11.8 Å². The van der Waals surface area contributed by atoms with E-state index in [2.05, 4.69) is 72.5 Å². The standard InChI is InChI=1S/C49H71N5O7S/c1-8-12-13-19-28-54(42(33(5)6)30-43(59-10-3)46-51-40(32-62-46)48(57)60-11-4)47(56)44(34(7)9-2)52-45(55)41-25-18-20-27-53(41)29-26-50-49(58)61-31-39-37-23-16-14-21-35(37)36-22-15-17-24-38(36)39/h14-17,21-24,32-34,39,41-44H,8-13,18-20,25-31H2,1-7H3,(H,50,58)(H,52,55)/t34-,41?,42+,43+,44-/m0/s1. The number of nitrogens with zero attached hydrogens (tertiary/aromatic N) is 3. The zero-order valence-electron chi connectivity index (χ0n) is 38.2. The molecule has 340 valence electrons. The average Bonchev–Trinajstić information content (AvgIpc) is 3.90. The number of thiazole rings is 1. The normalized spacial score (nSPS) is 17.1. The Morgan fingerprint density at radius 2 is 1.61 bits per heavy atom. The number of aromatic nitrogens is 1. The van der Waals surface area contributed by atoms with Crippen molar-refractivity contribution in [3.63, 3.8) is 0 Å². The third kappa shape index (κ3) is 12.7. The molecule has 1 fully saturated rings. The largest absolute Gasteiger partial charge is 0.461 e. The van der Waals surface area contributed by atoms with Gasteiger partial charge in [-0.1, -0.05) is 115 Å². The van der Waals surface area contributed by atoms with E-state index in [4.69, 9.17) is 14.2 Å². The highest BCUT2D eigenvalue weighted by Gasteiger charge is 2.39. The van der Waals surface area contributed by atoms with E-state index in [-0.39, 0.29) is 54.5 Å². The highest BCUT2D eigenvalue weighted by Crippen LogP contribution is 2.44. The van der Waals surface area contributed by atoms with Crippen LogP contribution in [0.2, 0.25) is 0 Å². The van der Waals surface area contributed by atoms with Gasteiger partial charge in [0.25, 0.3) is 0 Å². The van der Waals surface area contributed by atoms with E-state index < -0.39 is 30.3 Å². The van der Waals surface area contributed by atoms with Crippen molar-refractivity contribution in [2.24, 2.45) is 11.8 Å². The van der Waals surface area contributed by atoms with Crippen molar-refractivity contribution in [1.82, 2.24) is 25.4 Å². The Morgan fingerprint density at radius 1 is 0.903 bits per heavy atom. The van der Waals surface area contributed by atoms with Crippen LogP contribution in [0.1, 0.15) is 145 Å². The van der Waals surface area contributed by atoms with Crippen molar-refractivity contribution >= 4 is 35.2 Å². The van der Waals surface area contributed by atoms with Crippen molar-refractivity contribution in [1.29, 1.82) is 0 Å². The molecule has 1 aromatic heterocycles. The maximum absolute atomic E-state index is 15.1. The van der Waals surface area contributed by atoms with Crippen LogP contribution >= 0.6 is 11.3 Å². The summed E-state index contributed by atoms with van der Waals surface area (Å²) in [5.41, 5.74) is 4.94. The highest BCUT2D eigenvalue weighted by atomic mass is 32.1. The lowest BCUT2D eigenvalue weighted by atomic mass is 9.91. The Bertz CT molecular complexity index is 1860. The Labute approximate surface area is 373 Å². The lowest BCUT2D eigenvalue weighted by molar-refractivity contribution is -0.143. The van der Waals surface area contributed by atoms with Gasteiger partial charge < -0.3 is 29.7 Å². The predicted octanol–water partition coefficient (Wildman–Crippen LogP) is 9.15. The molecule has 12 nitrogen and oxygen atoms in total. The molecule has 62 heavy (non-hydrogen) atoms. The van der Waals surface area contributed by atoms with Gasteiger partial charge in [-0.2, -0.15) is 0 Å². The maximum Gasteiger partial charge on any atom is 0.407 e. The third-order valence-electron chi connectivity index (χ3n) is 12.5. The van der Waals surface area contributed by atoms with E-state index in [0.717, 1.165) is 56.2 Å². The van der Waals surface area contributed by atoms with Gasteiger partial charge in [0.1, 0.15) is 23.8 Å². The van der Waals surface area contributed by atoms with Gasteiger partial charge in [0.05, 0.1) is 12.6 Å². The number of unbranched alkanes of at least 4 members (excludes halogenated alkanes) is 3. The first-order valence-electron chi connectivity index (χ1n) is 23.2. The minimum atomic E-state index is -0.719. The summed E-state index contributed by atoms with van der Waals surface area (Å²) in [6.45, 7) is 17.3. The first-order valence-corrected chi connectivity index (χ1v) is 24.1. The predicted molar refractivity (Wildman–Crippen MR) is 245 cm³/mol. The summed E-state index contributed by atoms with van der Waals surface area (Å²) in [6.07, 6.45) is 6.82. The second-order valence-corrected chi connectivity index (χ2v) is 17.9. The van der Waals surface area contributed by atoms with Gasteiger partial charge in [0.15, 0.2) is 5.69 Å². The Morgan fingerprint density at radius 3 is 2.26 bits per heavy atom. The molecule has 0 spiro atoms. The van der Waals surface area contributed by atoms with E-state index in [1.54, 1.807) is 12.3 Å². The molecule has 1 aliphatic heterocycles. The molecule has 5 rings (SSSR count). The molecule has 3 amide bonds. The van der Waals surface area contributed by atoms with Gasteiger partial charge in [0.2, 0.25) is 11.8 Å². The van der Waals surface area contributed by atoms with E-state index in [1.165, 1.54) is 22.5 Å². The number of carbonyl (C=O) groups excluding carboxylic acids is 4. The molecule has 5 atom stereocenters. The second kappa shape index (κ2) is 24.5. The van der Waals surface area contributed by atoms with E-state index >= 15 is 4.79 Å². The van der Waals surface area contributed by atoms with E-state index in [9.17, 15) is 14.4 Å². The number of hydrogen-bond donors (Lipinski definition) is 2. The highest BCUT2D eigenvalue weighted by molar-refractivity contribution is 7.09. The van der Waals surface area contributed by atoms with Crippen LogP contribution in [0.4, 0.5) is 4.79 Å². The number of esters is 1. The lowest BCUT2D eigenvalue weighted by Crippen LogP contribution is -2.59. The molecule has 1 unspecified atom stereocenters. The summed E-state index contributed by atoms with van der Waals surface area (Å²) in [7, 11) is 0. The summed E-state index contributed by atoms with van der Waals surface area (Å²) in [5, 5.41) is 8.59. The van der Waals surface area contributed by atoms with Crippen LogP contribution in [0.3, 0.4) is 0 Å². The van der Waals surface area contributed by atoms with Crippen molar-refractivity contribution < 1.29 is 33.4 Å². The average molecular weight is 874 g/mol.